The number of nitrogens with zero attached hydrogens (tertiary/aromatic N) is 2. The predicted octanol–water partition coefficient (Wildman–Crippen LogP) is 3.76. The zero-order chi connectivity index (χ0) is 21.5. The van der Waals surface area contributed by atoms with Crippen molar-refractivity contribution >= 4 is 29.2 Å². The van der Waals surface area contributed by atoms with Gasteiger partial charge in [-0.2, -0.15) is 0 Å². The van der Waals surface area contributed by atoms with Gasteiger partial charge in [0.25, 0.3) is 11.8 Å². The Hall–Kier alpha value is -2.15. The van der Waals surface area contributed by atoms with Crippen molar-refractivity contribution in [2.45, 2.75) is 64.3 Å². The second-order valence-corrected chi connectivity index (χ2v) is 9.83. The summed E-state index contributed by atoms with van der Waals surface area (Å²) < 4.78 is 0. The first-order valence-electron chi connectivity index (χ1n) is 11.0. The van der Waals surface area contributed by atoms with E-state index in [0.717, 1.165) is 42.6 Å². The lowest BCUT2D eigenvalue weighted by molar-refractivity contribution is -0.133. The van der Waals surface area contributed by atoms with Crippen LogP contribution in [0.25, 0.3) is 0 Å². The molecular formula is C23H31N3O3S. The molecule has 1 aromatic rings. The average molecular weight is 430 g/mol. The Bertz CT molecular complexity index is 884. The molecule has 2 saturated heterocycles. The van der Waals surface area contributed by atoms with Crippen molar-refractivity contribution in [1.29, 1.82) is 0 Å². The van der Waals surface area contributed by atoms with Crippen molar-refractivity contribution in [3.05, 3.63) is 33.5 Å². The summed E-state index contributed by atoms with van der Waals surface area (Å²) in [5, 5.41) is 5.16. The Morgan fingerprint density at radius 1 is 1.27 bits per heavy atom. The van der Waals surface area contributed by atoms with Gasteiger partial charge in [-0.25, -0.2) is 4.79 Å². The molecule has 1 aliphatic carbocycles. The first-order chi connectivity index (χ1) is 14.4. The Morgan fingerprint density at radius 2 is 1.97 bits per heavy atom. The fourth-order valence-electron chi connectivity index (χ4n) is 5.28. The van der Waals surface area contributed by atoms with Gasteiger partial charge in [-0.3, -0.25) is 14.5 Å². The molecule has 0 radical (unpaired) electrons. The van der Waals surface area contributed by atoms with E-state index in [1.807, 2.05) is 18.7 Å². The lowest BCUT2D eigenvalue weighted by Crippen LogP contribution is -2.56. The summed E-state index contributed by atoms with van der Waals surface area (Å²) in [6.07, 6.45) is 6.47. The summed E-state index contributed by atoms with van der Waals surface area (Å²) >= 11 is 1.59. The molecule has 3 aliphatic rings. The van der Waals surface area contributed by atoms with Crippen LogP contribution in [0.3, 0.4) is 0 Å². The number of urea groups is 1. The van der Waals surface area contributed by atoms with E-state index >= 15 is 0 Å². The Labute approximate surface area is 182 Å². The molecule has 30 heavy (non-hydrogen) atoms. The lowest BCUT2D eigenvalue weighted by atomic mass is 9.75. The van der Waals surface area contributed by atoms with Gasteiger partial charge in [-0.15, -0.1) is 11.3 Å². The van der Waals surface area contributed by atoms with Crippen LogP contribution in [0, 0.1) is 5.92 Å². The number of hydrogen-bond acceptors (Lipinski definition) is 4. The minimum absolute atomic E-state index is 0.0374. The number of imide groups is 1. The van der Waals surface area contributed by atoms with Crippen LogP contribution in [0.15, 0.2) is 17.5 Å². The summed E-state index contributed by atoms with van der Waals surface area (Å²) in [6.45, 7) is 9.13. The number of aryl methyl sites for hydroxylation is 1. The van der Waals surface area contributed by atoms with Gasteiger partial charge >= 0.3 is 6.03 Å². The van der Waals surface area contributed by atoms with Crippen LogP contribution in [0.5, 0.6) is 0 Å². The third-order valence-electron chi connectivity index (χ3n) is 6.96. The van der Waals surface area contributed by atoms with Crippen molar-refractivity contribution in [1.82, 2.24) is 15.1 Å². The minimum Gasteiger partial charge on any atom is -0.338 e. The maximum atomic E-state index is 13.2. The fraction of sp³-hybridized carbons (Fsp3) is 0.609. The SMILES string of the molecule is C=C(C)CN1C(=O)N[C@@](CC)(C2CCN(C(=O)c3scc4c3CCCC4)CC2)C1=O. The molecule has 1 aromatic heterocycles. The normalized spacial score (nSPS) is 24.7. The van der Waals surface area contributed by atoms with E-state index in [9.17, 15) is 14.4 Å². The molecule has 7 heteroatoms. The average Bonchev–Trinajstić information content (AvgIpc) is 3.28. The van der Waals surface area contributed by atoms with Crippen molar-refractivity contribution in [3.63, 3.8) is 0 Å². The summed E-state index contributed by atoms with van der Waals surface area (Å²) in [5.41, 5.74) is 2.54. The van der Waals surface area contributed by atoms with E-state index in [2.05, 4.69) is 17.3 Å². The molecule has 1 atom stereocenters. The van der Waals surface area contributed by atoms with Gasteiger partial charge < -0.3 is 10.2 Å². The summed E-state index contributed by atoms with van der Waals surface area (Å²) in [6, 6.07) is -0.325. The van der Waals surface area contributed by atoms with E-state index in [1.54, 1.807) is 11.3 Å². The summed E-state index contributed by atoms with van der Waals surface area (Å²) in [7, 11) is 0. The van der Waals surface area contributed by atoms with Crippen LogP contribution in [-0.4, -0.2) is 52.8 Å². The topological polar surface area (TPSA) is 69.7 Å². The van der Waals surface area contributed by atoms with Crippen molar-refractivity contribution in [2.75, 3.05) is 19.6 Å². The quantitative estimate of drug-likeness (QED) is 0.572. The minimum atomic E-state index is -0.857. The second-order valence-electron chi connectivity index (χ2n) is 8.95. The zero-order valence-electron chi connectivity index (χ0n) is 18.0. The molecule has 6 nitrogen and oxygen atoms in total. The molecule has 0 saturated carbocycles. The molecular weight excluding hydrogens is 398 g/mol. The molecule has 162 valence electrons. The molecule has 0 aromatic carbocycles. The van der Waals surface area contributed by atoms with Crippen LogP contribution in [-0.2, 0) is 17.6 Å². The Kier molecular flexibility index (Phi) is 5.75. The Balaban J connectivity index is 1.45. The number of hydrogen-bond donors (Lipinski definition) is 1. The Morgan fingerprint density at radius 3 is 2.63 bits per heavy atom. The second kappa shape index (κ2) is 8.17. The van der Waals surface area contributed by atoms with Crippen LogP contribution >= 0.6 is 11.3 Å². The first kappa shape index (κ1) is 21.1. The van der Waals surface area contributed by atoms with Crippen LogP contribution in [0.4, 0.5) is 4.79 Å². The first-order valence-corrected chi connectivity index (χ1v) is 11.9. The number of amides is 4. The maximum Gasteiger partial charge on any atom is 0.325 e. The van der Waals surface area contributed by atoms with Gasteiger partial charge in [0.15, 0.2) is 0 Å². The molecule has 0 unspecified atom stereocenters. The molecule has 2 aliphatic heterocycles. The molecule has 0 spiro atoms. The number of fused-ring (bicyclic) bond motifs is 1. The molecule has 3 heterocycles. The molecule has 1 N–H and O–H groups in total. The lowest BCUT2D eigenvalue weighted by Gasteiger charge is -2.40. The maximum absolute atomic E-state index is 13.2. The number of piperidine rings is 1. The third-order valence-corrected chi connectivity index (χ3v) is 8.02. The molecule has 4 rings (SSSR count). The number of thiophene rings is 1. The van der Waals surface area contributed by atoms with E-state index in [4.69, 9.17) is 0 Å². The third kappa shape index (κ3) is 3.47. The highest BCUT2D eigenvalue weighted by Crippen LogP contribution is 2.37. The number of carbonyl (C=O) groups excluding carboxylic acids is 3. The fourth-order valence-corrected chi connectivity index (χ4v) is 6.41. The highest BCUT2D eigenvalue weighted by atomic mass is 32.1. The van der Waals surface area contributed by atoms with E-state index in [1.165, 1.54) is 22.4 Å². The van der Waals surface area contributed by atoms with E-state index in [0.29, 0.717) is 19.5 Å². The van der Waals surface area contributed by atoms with Gasteiger partial charge in [0.05, 0.1) is 11.4 Å². The number of nitrogens with one attached hydrogen (secondary N) is 1. The predicted molar refractivity (Wildman–Crippen MR) is 118 cm³/mol. The standard InChI is InChI=1S/C23H31N3O3S/c1-4-23(21(28)26(13-15(2)3)22(29)24-23)17-9-11-25(12-10-17)20(27)19-18-8-6-5-7-16(18)14-30-19/h14,17H,2,4-13H2,1,3H3,(H,24,29)/t23-/m0/s1. The van der Waals surface area contributed by atoms with Crippen molar-refractivity contribution in [3.8, 4) is 0 Å². The van der Waals surface area contributed by atoms with Gasteiger partial charge in [0.2, 0.25) is 0 Å². The van der Waals surface area contributed by atoms with Gasteiger partial charge in [0, 0.05) is 13.1 Å². The van der Waals surface area contributed by atoms with Gasteiger partial charge in [-0.05, 0) is 74.3 Å². The zero-order valence-corrected chi connectivity index (χ0v) is 18.8. The molecule has 2 fully saturated rings. The van der Waals surface area contributed by atoms with Crippen LogP contribution < -0.4 is 5.32 Å². The van der Waals surface area contributed by atoms with Crippen molar-refractivity contribution in [2.24, 2.45) is 5.92 Å². The number of carbonyl (C=O) groups is 3. The molecule has 4 amide bonds. The summed E-state index contributed by atoms with van der Waals surface area (Å²) in [5.74, 6) is 0.0308. The number of likely N-dealkylation sites (tertiary alicyclic amines) is 1. The smallest absolute Gasteiger partial charge is 0.325 e. The monoisotopic (exact) mass is 429 g/mol. The van der Waals surface area contributed by atoms with E-state index < -0.39 is 5.54 Å². The highest BCUT2D eigenvalue weighted by Gasteiger charge is 2.54. The van der Waals surface area contributed by atoms with E-state index in [-0.39, 0.29) is 30.3 Å². The van der Waals surface area contributed by atoms with Crippen LogP contribution in [0.2, 0.25) is 0 Å². The largest absolute Gasteiger partial charge is 0.338 e. The van der Waals surface area contributed by atoms with Gasteiger partial charge in [0.1, 0.15) is 5.54 Å². The highest BCUT2D eigenvalue weighted by molar-refractivity contribution is 7.12. The summed E-state index contributed by atoms with van der Waals surface area (Å²) in [4.78, 5) is 43.0. The van der Waals surface area contributed by atoms with Crippen molar-refractivity contribution < 1.29 is 14.4 Å². The molecule has 0 bridgehead atoms. The number of rotatable bonds is 5. The van der Waals surface area contributed by atoms with Gasteiger partial charge in [-0.1, -0.05) is 19.1 Å². The van der Waals surface area contributed by atoms with Crippen LogP contribution in [0.1, 0.15) is 66.8 Å².